The summed E-state index contributed by atoms with van der Waals surface area (Å²) in [5, 5.41) is 12.0. The summed E-state index contributed by atoms with van der Waals surface area (Å²) in [6.07, 6.45) is 0. The number of amides is 1. The summed E-state index contributed by atoms with van der Waals surface area (Å²) in [5.74, 6) is -0.385. The SMILES string of the molecule is O=C(Nc1nnc(SCc2c(Cl)cccc2Cl)s1)c1cccc(F)c1. The third-order valence-electron chi connectivity index (χ3n) is 3.12. The van der Waals surface area contributed by atoms with Gasteiger partial charge in [0.2, 0.25) is 5.13 Å². The van der Waals surface area contributed by atoms with E-state index in [-0.39, 0.29) is 5.56 Å². The zero-order valence-electron chi connectivity index (χ0n) is 12.5. The van der Waals surface area contributed by atoms with Gasteiger partial charge in [-0.3, -0.25) is 10.1 Å². The van der Waals surface area contributed by atoms with Crippen LogP contribution in [0.1, 0.15) is 15.9 Å². The molecule has 0 fully saturated rings. The molecule has 1 N–H and O–H groups in total. The van der Waals surface area contributed by atoms with E-state index < -0.39 is 11.7 Å². The number of anilines is 1. The fourth-order valence-corrected chi connectivity index (χ4v) is 4.41. The van der Waals surface area contributed by atoms with Crippen LogP contribution in [0.25, 0.3) is 0 Å². The maximum absolute atomic E-state index is 13.2. The first-order valence-corrected chi connectivity index (χ1v) is 9.55. The lowest BCUT2D eigenvalue weighted by Gasteiger charge is -2.04. The Morgan fingerprint density at radius 1 is 1.16 bits per heavy atom. The van der Waals surface area contributed by atoms with Crippen molar-refractivity contribution in [2.24, 2.45) is 0 Å². The van der Waals surface area contributed by atoms with E-state index in [0.717, 1.165) is 11.6 Å². The average molecular weight is 414 g/mol. The molecular formula is C16H10Cl2FN3OS2. The molecule has 1 aromatic heterocycles. The summed E-state index contributed by atoms with van der Waals surface area (Å²) >= 11 is 14.9. The third kappa shape index (κ3) is 4.70. The van der Waals surface area contributed by atoms with Crippen molar-refractivity contribution in [1.29, 1.82) is 0 Å². The molecule has 0 bridgehead atoms. The van der Waals surface area contributed by atoms with Gasteiger partial charge in [0, 0.05) is 21.4 Å². The molecule has 0 aliphatic carbocycles. The Bertz CT molecular complexity index is 900. The van der Waals surface area contributed by atoms with Gasteiger partial charge in [0.15, 0.2) is 4.34 Å². The summed E-state index contributed by atoms with van der Waals surface area (Å²) in [6, 6.07) is 10.8. The van der Waals surface area contributed by atoms with Crippen molar-refractivity contribution in [3.8, 4) is 0 Å². The predicted molar refractivity (Wildman–Crippen MR) is 100 cm³/mol. The second-order valence-corrected chi connectivity index (χ2v) is 7.84. The summed E-state index contributed by atoms with van der Waals surface area (Å²) in [5.41, 5.74) is 1.03. The van der Waals surface area contributed by atoms with Crippen LogP contribution in [0.2, 0.25) is 10.0 Å². The van der Waals surface area contributed by atoms with E-state index in [4.69, 9.17) is 23.2 Å². The van der Waals surface area contributed by atoms with E-state index in [9.17, 15) is 9.18 Å². The second-order valence-electron chi connectivity index (χ2n) is 4.83. The highest BCUT2D eigenvalue weighted by Crippen LogP contribution is 2.33. The normalized spacial score (nSPS) is 10.7. The molecule has 0 spiro atoms. The number of rotatable bonds is 5. The maximum Gasteiger partial charge on any atom is 0.257 e. The molecule has 0 aliphatic heterocycles. The largest absolute Gasteiger partial charge is 0.296 e. The van der Waals surface area contributed by atoms with Crippen LogP contribution in [0.4, 0.5) is 9.52 Å². The van der Waals surface area contributed by atoms with E-state index in [2.05, 4.69) is 15.5 Å². The first kappa shape index (κ1) is 18.1. The van der Waals surface area contributed by atoms with Crippen molar-refractivity contribution in [3.05, 3.63) is 69.5 Å². The number of carbonyl (C=O) groups is 1. The topological polar surface area (TPSA) is 54.9 Å². The van der Waals surface area contributed by atoms with Gasteiger partial charge in [0.1, 0.15) is 5.82 Å². The van der Waals surface area contributed by atoms with E-state index in [1.54, 1.807) is 18.2 Å². The fourth-order valence-electron chi connectivity index (χ4n) is 1.92. The van der Waals surface area contributed by atoms with Crippen molar-refractivity contribution in [2.45, 2.75) is 10.1 Å². The number of thioether (sulfide) groups is 1. The quantitative estimate of drug-likeness (QED) is 0.441. The predicted octanol–water partition coefficient (Wildman–Crippen LogP) is 5.53. The van der Waals surface area contributed by atoms with Crippen LogP contribution in [-0.2, 0) is 5.75 Å². The molecule has 25 heavy (non-hydrogen) atoms. The average Bonchev–Trinajstić information content (AvgIpc) is 3.02. The summed E-state index contributed by atoms with van der Waals surface area (Å²) in [7, 11) is 0. The van der Waals surface area contributed by atoms with Crippen LogP contribution in [0.15, 0.2) is 46.8 Å². The number of hydrogen-bond acceptors (Lipinski definition) is 5. The van der Waals surface area contributed by atoms with E-state index in [1.165, 1.54) is 41.3 Å². The Morgan fingerprint density at radius 3 is 2.60 bits per heavy atom. The highest BCUT2D eigenvalue weighted by Gasteiger charge is 2.12. The minimum absolute atomic E-state index is 0.215. The van der Waals surface area contributed by atoms with Gasteiger partial charge in [-0.1, -0.05) is 58.4 Å². The van der Waals surface area contributed by atoms with Crippen molar-refractivity contribution >= 4 is 57.3 Å². The zero-order chi connectivity index (χ0) is 17.8. The number of nitrogens with one attached hydrogen (secondary N) is 1. The number of halogens is 3. The van der Waals surface area contributed by atoms with Crippen molar-refractivity contribution in [2.75, 3.05) is 5.32 Å². The van der Waals surface area contributed by atoms with Crippen LogP contribution in [0.5, 0.6) is 0 Å². The van der Waals surface area contributed by atoms with Gasteiger partial charge < -0.3 is 0 Å². The fraction of sp³-hybridized carbons (Fsp3) is 0.0625. The minimum atomic E-state index is -0.474. The van der Waals surface area contributed by atoms with Gasteiger partial charge >= 0.3 is 0 Å². The number of carbonyl (C=O) groups excluding carboxylic acids is 1. The molecule has 1 amide bonds. The first-order valence-electron chi connectivity index (χ1n) is 6.99. The molecule has 0 aliphatic rings. The third-order valence-corrected chi connectivity index (χ3v) is 5.82. The Balaban J connectivity index is 1.64. The van der Waals surface area contributed by atoms with Gasteiger partial charge in [0.05, 0.1) is 0 Å². The van der Waals surface area contributed by atoms with Crippen LogP contribution in [-0.4, -0.2) is 16.1 Å². The number of aromatic nitrogens is 2. The molecule has 4 nitrogen and oxygen atoms in total. The van der Waals surface area contributed by atoms with Gasteiger partial charge in [-0.2, -0.15) is 0 Å². The minimum Gasteiger partial charge on any atom is -0.296 e. The lowest BCUT2D eigenvalue weighted by Crippen LogP contribution is -2.11. The van der Waals surface area contributed by atoms with Crippen molar-refractivity contribution in [1.82, 2.24) is 10.2 Å². The standard InChI is InChI=1S/C16H10Cl2FN3OS2/c17-12-5-2-6-13(18)11(12)8-24-16-22-21-15(25-16)20-14(23)9-3-1-4-10(19)7-9/h1-7H,8H2,(H,20,21,23). The lowest BCUT2D eigenvalue weighted by molar-refractivity contribution is 0.102. The molecule has 128 valence electrons. The zero-order valence-corrected chi connectivity index (χ0v) is 15.6. The number of benzene rings is 2. The highest BCUT2D eigenvalue weighted by atomic mass is 35.5. The summed E-state index contributed by atoms with van der Waals surface area (Å²) in [6.45, 7) is 0. The molecule has 0 saturated carbocycles. The van der Waals surface area contributed by atoms with Crippen molar-refractivity contribution in [3.63, 3.8) is 0 Å². The molecule has 0 radical (unpaired) electrons. The molecule has 3 aromatic rings. The Morgan fingerprint density at radius 2 is 1.88 bits per heavy atom. The Hall–Kier alpha value is -1.67. The van der Waals surface area contributed by atoms with Crippen LogP contribution in [0, 0.1) is 5.82 Å². The highest BCUT2D eigenvalue weighted by molar-refractivity contribution is 8.00. The molecule has 2 aromatic carbocycles. The number of nitrogens with zero attached hydrogens (tertiary/aromatic N) is 2. The van der Waals surface area contributed by atoms with E-state index in [1.807, 2.05) is 0 Å². The Kier molecular flexibility index (Phi) is 5.90. The van der Waals surface area contributed by atoms with Gasteiger partial charge in [-0.25, -0.2) is 4.39 Å². The first-order chi connectivity index (χ1) is 12.0. The van der Waals surface area contributed by atoms with Crippen LogP contribution < -0.4 is 5.32 Å². The van der Waals surface area contributed by atoms with Crippen LogP contribution >= 0.6 is 46.3 Å². The molecule has 0 unspecified atom stereocenters. The number of hydrogen-bond donors (Lipinski definition) is 1. The molecule has 1 heterocycles. The molecular weight excluding hydrogens is 404 g/mol. The van der Waals surface area contributed by atoms with Crippen molar-refractivity contribution < 1.29 is 9.18 Å². The second kappa shape index (κ2) is 8.14. The molecule has 9 heteroatoms. The lowest BCUT2D eigenvalue weighted by atomic mass is 10.2. The monoisotopic (exact) mass is 413 g/mol. The maximum atomic E-state index is 13.2. The smallest absolute Gasteiger partial charge is 0.257 e. The van der Waals surface area contributed by atoms with Gasteiger partial charge in [-0.15, -0.1) is 10.2 Å². The van der Waals surface area contributed by atoms with Gasteiger partial charge in [-0.05, 0) is 35.9 Å². The van der Waals surface area contributed by atoms with E-state index in [0.29, 0.717) is 25.3 Å². The molecule has 3 rings (SSSR count). The molecule has 0 saturated heterocycles. The summed E-state index contributed by atoms with van der Waals surface area (Å²) < 4.78 is 13.8. The Labute approximate surface area is 161 Å². The molecule has 0 atom stereocenters. The van der Waals surface area contributed by atoms with Crippen LogP contribution in [0.3, 0.4) is 0 Å². The van der Waals surface area contributed by atoms with E-state index >= 15 is 0 Å². The summed E-state index contributed by atoms with van der Waals surface area (Å²) in [4.78, 5) is 12.1. The van der Waals surface area contributed by atoms with Gasteiger partial charge in [0.25, 0.3) is 5.91 Å².